The van der Waals surface area contributed by atoms with Crippen molar-refractivity contribution < 1.29 is 13.2 Å². The van der Waals surface area contributed by atoms with Crippen LogP contribution < -0.4 is 10.6 Å². The molecular weight excluding hydrogens is 364 g/mol. The summed E-state index contributed by atoms with van der Waals surface area (Å²) in [6.07, 6.45) is 6.69. The van der Waals surface area contributed by atoms with E-state index >= 15 is 0 Å². The van der Waals surface area contributed by atoms with Gasteiger partial charge in [0, 0.05) is 45.4 Å². The molecule has 0 unspecified atom stereocenters. The molecule has 7 nitrogen and oxygen atoms in total. The van der Waals surface area contributed by atoms with Crippen LogP contribution in [0.4, 0.5) is 0 Å². The Morgan fingerprint density at radius 2 is 1.96 bits per heavy atom. The first-order valence-corrected chi connectivity index (χ1v) is 12.2. The predicted molar refractivity (Wildman–Crippen MR) is 112 cm³/mol. The Labute approximate surface area is 165 Å². The van der Waals surface area contributed by atoms with Gasteiger partial charge in [-0.3, -0.25) is 9.79 Å². The zero-order valence-corrected chi connectivity index (χ0v) is 18.3. The highest BCUT2D eigenvalue weighted by Crippen LogP contribution is 2.21. The Balaban J connectivity index is 2.43. The summed E-state index contributed by atoms with van der Waals surface area (Å²) in [5.74, 6) is 1.21. The van der Waals surface area contributed by atoms with Crippen molar-refractivity contribution in [2.75, 3.05) is 44.7 Å². The lowest BCUT2D eigenvalue weighted by Gasteiger charge is -2.23. The number of hydrogen-bond donors (Lipinski definition) is 2. The van der Waals surface area contributed by atoms with E-state index in [2.05, 4.69) is 15.6 Å². The molecule has 2 N–H and O–H groups in total. The molecule has 158 valence electrons. The summed E-state index contributed by atoms with van der Waals surface area (Å²) < 4.78 is 22.8. The molecular formula is C19H38N4O3S. The maximum Gasteiger partial charge on any atom is 0.222 e. The molecule has 0 bridgehead atoms. The normalized spacial score (nSPS) is 17.0. The minimum atomic E-state index is -2.95. The van der Waals surface area contributed by atoms with E-state index in [4.69, 9.17) is 0 Å². The van der Waals surface area contributed by atoms with Gasteiger partial charge >= 0.3 is 0 Å². The third-order valence-electron chi connectivity index (χ3n) is 4.73. The summed E-state index contributed by atoms with van der Waals surface area (Å²) >= 11 is 0. The Bertz CT molecular complexity index is 588. The molecule has 0 aliphatic carbocycles. The minimum Gasteiger partial charge on any atom is -0.357 e. The fourth-order valence-corrected chi connectivity index (χ4v) is 3.85. The van der Waals surface area contributed by atoms with Gasteiger partial charge in [-0.05, 0) is 38.0 Å². The minimum absolute atomic E-state index is 0.177. The van der Waals surface area contributed by atoms with Crippen molar-refractivity contribution in [3.63, 3.8) is 0 Å². The second kappa shape index (κ2) is 11.5. The van der Waals surface area contributed by atoms with Gasteiger partial charge in [0.1, 0.15) is 9.84 Å². The third kappa shape index (κ3) is 11.2. The van der Waals surface area contributed by atoms with Gasteiger partial charge in [0.2, 0.25) is 5.91 Å². The molecule has 0 aromatic heterocycles. The van der Waals surface area contributed by atoms with E-state index in [0.29, 0.717) is 19.4 Å². The third-order valence-corrected chi connectivity index (χ3v) is 5.67. The fraction of sp³-hybridized carbons (Fsp3) is 0.895. The number of sulfone groups is 1. The molecule has 1 aliphatic rings. The van der Waals surface area contributed by atoms with Crippen LogP contribution in [0.1, 0.15) is 59.3 Å². The maximum absolute atomic E-state index is 12.0. The average Bonchev–Trinajstić information content (AvgIpc) is 2.79. The monoisotopic (exact) mass is 402 g/mol. The van der Waals surface area contributed by atoms with Crippen LogP contribution in [0, 0.1) is 5.41 Å². The van der Waals surface area contributed by atoms with Gasteiger partial charge in [0.25, 0.3) is 0 Å². The Morgan fingerprint density at radius 3 is 2.63 bits per heavy atom. The number of likely N-dealkylation sites (tertiary alicyclic amines) is 1. The lowest BCUT2D eigenvalue weighted by atomic mass is 9.90. The summed E-state index contributed by atoms with van der Waals surface area (Å²) in [7, 11) is -2.95. The molecule has 1 amide bonds. The molecule has 27 heavy (non-hydrogen) atoms. The Hall–Kier alpha value is -1.31. The van der Waals surface area contributed by atoms with Gasteiger partial charge in [-0.1, -0.05) is 20.3 Å². The summed E-state index contributed by atoms with van der Waals surface area (Å²) in [4.78, 5) is 18.6. The second-order valence-electron chi connectivity index (χ2n) is 8.21. The van der Waals surface area contributed by atoms with E-state index in [1.165, 1.54) is 6.26 Å². The molecule has 1 aliphatic heterocycles. The SMILES string of the molecule is CCNC(=NCC(C)(C)CCS(C)(=O)=O)NCCCN1CCCCCC1=O. The number of aliphatic imine (C=N–C) groups is 1. The van der Waals surface area contributed by atoms with Gasteiger partial charge < -0.3 is 15.5 Å². The zero-order chi connectivity index (χ0) is 20.3. The molecule has 0 aromatic carbocycles. The molecule has 0 saturated carbocycles. The number of nitrogens with zero attached hydrogens (tertiary/aromatic N) is 2. The predicted octanol–water partition coefficient (Wildman–Crippen LogP) is 1.80. The number of amides is 1. The van der Waals surface area contributed by atoms with Crippen molar-refractivity contribution in [1.82, 2.24) is 15.5 Å². The lowest BCUT2D eigenvalue weighted by molar-refractivity contribution is -0.130. The van der Waals surface area contributed by atoms with E-state index < -0.39 is 9.84 Å². The van der Waals surface area contributed by atoms with Gasteiger partial charge in [0.05, 0.1) is 5.75 Å². The molecule has 0 atom stereocenters. The molecule has 1 saturated heterocycles. The number of carbonyl (C=O) groups excluding carboxylic acids is 1. The number of hydrogen-bond acceptors (Lipinski definition) is 4. The largest absolute Gasteiger partial charge is 0.357 e. The van der Waals surface area contributed by atoms with Gasteiger partial charge in [-0.2, -0.15) is 0 Å². The van der Waals surface area contributed by atoms with Gasteiger partial charge in [-0.15, -0.1) is 0 Å². The number of rotatable bonds is 10. The first-order chi connectivity index (χ1) is 12.6. The van der Waals surface area contributed by atoms with Crippen LogP contribution in [0.3, 0.4) is 0 Å². The molecule has 0 spiro atoms. The summed E-state index contributed by atoms with van der Waals surface area (Å²) in [5, 5.41) is 6.54. The average molecular weight is 403 g/mol. The number of guanidine groups is 1. The van der Waals surface area contributed by atoms with E-state index in [1.807, 2.05) is 25.7 Å². The highest BCUT2D eigenvalue weighted by atomic mass is 32.2. The Kier molecular flexibility index (Phi) is 10.1. The van der Waals surface area contributed by atoms with Crippen LogP contribution in [0.15, 0.2) is 4.99 Å². The van der Waals surface area contributed by atoms with Crippen LogP contribution in [-0.2, 0) is 14.6 Å². The van der Waals surface area contributed by atoms with Crippen molar-refractivity contribution in [3.8, 4) is 0 Å². The fourth-order valence-electron chi connectivity index (χ4n) is 2.93. The van der Waals surface area contributed by atoms with E-state index in [0.717, 1.165) is 57.8 Å². The molecule has 1 heterocycles. The van der Waals surface area contributed by atoms with Gasteiger partial charge in [0.15, 0.2) is 5.96 Å². The van der Waals surface area contributed by atoms with E-state index in [-0.39, 0.29) is 17.1 Å². The van der Waals surface area contributed by atoms with E-state index in [1.54, 1.807) is 0 Å². The van der Waals surface area contributed by atoms with Crippen LogP contribution in [0.5, 0.6) is 0 Å². The van der Waals surface area contributed by atoms with Crippen LogP contribution in [0.25, 0.3) is 0 Å². The molecule has 0 radical (unpaired) electrons. The second-order valence-corrected chi connectivity index (χ2v) is 10.5. The standard InChI is InChI=1S/C19H38N4O3S/c1-5-20-18(22-16-19(2,3)11-15-27(4,25)26)21-12-9-14-23-13-8-6-7-10-17(23)24/h5-16H2,1-4H3,(H2,20,21,22). The first-order valence-electron chi connectivity index (χ1n) is 10.1. The van der Waals surface area contributed by atoms with Crippen molar-refractivity contribution in [1.29, 1.82) is 0 Å². The summed E-state index contributed by atoms with van der Waals surface area (Å²) in [5.41, 5.74) is -0.177. The maximum atomic E-state index is 12.0. The lowest BCUT2D eigenvalue weighted by Crippen LogP contribution is -2.40. The first kappa shape index (κ1) is 23.7. The van der Waals surface area contributed by atoms with Crippen molar-refractivity contribution in [2.24, 2.45) is 10.4 Å². The number of nitrogens with one attached hydrogen (secondary N) is 2. The summed E-state index contributed by atoms with van der Waals surface area (Å²) in [6.45, 7) is 9.82. The van der Waals surface area contributed by atoms with Crippen molar-refractivity contribution in [3.05, 3.63) is 0 Å². The molecule has 0 aromatic rings. The van der Waals surface area contributed by atoms with E-state index in [9.17, 15) is 13.2 Å². The highest BCUT2D eigenvalue weighted by Gasteiger charge is 2.20. The van der Waals surface area contributed by atoms with Gasteiger partial charge in [-0.25, -0.2) is 8.42 Å². The molecule has 8 heteroatoms. The highest BCUT2D eigenvalue weighted by molar-refractivity contribution is 7.90. The van der Waals surface area contributed by atoms with Crippen LogP contribution in [-0.4, -0.2) is 69.9 Å². The number of carbonyl (C=O) groups is 1. The quantitative estimate of drug-likeness (QED) is 0.330. The zero-order valence-electron chi connectivity index (χ0n) is 17.5. The Morgan fingerprint density at radius 1 is 1.22 bits per heavy atom. The van der Waals surface area contributed by atoms with Crippen molar-refractivity contribution in [2.45, 2.75) is 59.3 Å². The van der Waals surface area contributed by atoms with Crippen LogP contribution >= 0.6 is 0 Å². The topological polar surface area (TPSA) is 90.9 Å². The van der Waals surface area contributed by atoms with Crippen molar-refractivity contribution >= 4 is 21.7 Å². The molecule has 1 rings (SSSR count). The van der Waals surface area contributed by atoms with Crippen LogP contribution in [0.2, 0.25) is 0 Å². The summed E-state index contributed by atoms with van der Waals surface area (Å²) in [6, 6.07) is 0. The smallest absolute Gasteiger partial charge is 0.222 e. The molecule has 1 fully saturated rings.